The van der Waals surface area contributed by atoms with Gasteiger partial charge in [0, 0.05) is 12.4 Å². The minimum atomic E-state index is -1.08. The zero-order valence-corrected chi connectivity index (χ0v) is 16.7. The third-order valence-corrected chi connectivity index (χ3v) is 3.58. The van der Waals surface area contributed by atoms with Crippen molar-refractivity contribution in [3.8, 4) is 0 Å². The Hall–Kier alpha value is -0.0600. The summed E-state index contributed by atoms with van der Waals surface area (Å²) in [6.07, 6.45) is 9.91. The molecule has 0 bridgehead atoms. The Bertz CT molecular complexity index is 282. The Morgan fingerprint density at radius 3 is 2.05 bits per heavy atom. The Labute approximate surface area is 157 Å². The van der Waals surface area contributed by atoms with E-state index >= 15 is 0 Å². The average Bonchev–Trinajstić information content (AvgIpc) is 2.44. The summed E-state index contributed by atoms with van der Waals surface area (Å²) in [6, 6.07) is 0. The fourth-order valence-corrected chi connectivity index (χ4v) is 2.28. The SMILES string of the molecule is CCCCCCCC(CCC(=O)[O-])OC(=O)CCCCC.[Na+]. The van der Waals surface area contributed by atoms with E-state index in [9.17, 15) is 14.7 Å². The zero-order chi connectivity index (χ0) is 15.9. The largest absolute Gasteiger partial charge is 1.00 e. The molecule has 0 saturated heterocycles. The van der Waals surface area contributed by atoms with Crippen LogP contribution in [0, 0.1) is 0 Å². The van der Waals surface area contributed by atoms with E-state index in [1.54, 1.807) is 0 Å². The molecule has 5 heteroatoms. The molecule has 0 aromatic rings. The van der Waals surface area contributed by atoms with Crippen molar-refractivity contribution >= 4 is 11.9 Å². The molecule has 0 aliphatic carbocycles. The van der Waals surface area contributed by atoms with E-state index in [1.807, 2.05) is 0 Å². The molecule has 0 aliphatic rings. The molecule has 0 fully saturated rings. The number of hydrogen-bond donors (Lipinski definition) is 0. The summed E-state index contributed by atoms with van der Waals surface area (Å²) in [4.78, 5) is 22.3. The summed E-state index contributed by atoms with van der Waals surface area (Å²) in [6.45, 7) is 4.26. The van der Waals surface area contributed by atoms with Gasteiger partial charge in [0.2, 0.25) is 0 Å². The third-order valence-electron chi connectivity index (χ3n) is 3.58. The fraction of sp³-hybridized carbons (Fsp3) is 0.882. The summed E-state index contributed by atoms with van der Waals surface area (Å²) in [5.41, 5.74) is 0. The first-order chi connectivity index (χ1) is 10.1. The molecule has 0 aliphatic heterocycles. The molecule has 1 atom stereocenters. The summed E-state index contributed by atoms with van der Waals surface area (Å²) in [5.74, 6) is -1.27. The van der Waals surface area contributed by atoms with Crippen molar-refractivity contribution in [3.63, 3.8) is 0 Å². The number of aliphatic carboxylic acids is 1. The van der Waals surface area contributed by atoms with Crippen LogP contribution >= 0.6 is 0 Å². The van der Waals surface area contributed by atoms with Crippen LogP contribution < -0.4 is 34.7 Å². The molecule has 0 spiro atoms. The topological polar surface area (TPSA) is 66.4 Å². The minimum Gasteiger partial charge on any atom is -0.550 e. The summed E-state index contributed by atoms with van der Waals surface area (Å²) >= 11 is 0. The Kier molecular flexibility index (Phi) is 19.0. The number of hydrogen-bond acceptors (Lipinski definition) is 4. The van der Waals surface area contributed by atoms with Crippen LogP contribution in [0.15, 0.2) is 0 Å². The number of esters is 1. The van der Waals surface area contributed by atoms with Gasteiger partial charge in [0.15, 0.2) is 0 Å². The molecule has 0 saturated carbocycles. The van der Waals surface area contributed by atoms with Crippen molar-refractivity contribution < 1.29 is 49.0 Å². The van der Waals surface area contributed by atoms with Crippen LogP contribution in [-0.2, 0) is 14.3 Å². The maximum atomic E-state index is 11.7. The van der Waals surface area contributed by atoms with Gasteiger partial charge in [-0.3, -0.25) is 4.79 Å². The van der Waals surface area contributed by atoms with Crippen LogP contribution in [0.1, 0.15) is 90.9 Å². The van der Waals surface area contributed by atoms with Crippen molar-refractivity contribution in [1.29, 1.82) is 0 Å². The van der Waals surface area contributed by atoms with E-state index in [1.165, 1.54) is 19.3 Å². The quantitative estimate of drug-likeness (QED) is 0.263. The van der Waals surface area contributed by atoms with E-state index in [2.05, 4.69) is 13.8 Å². The van der Waals surface area contributed by atoms with Gasteiger partial charge < -0.3 is 14.6 Å². The number of carbonyl (C=O) groups is 2. The number of unbranched alkanes of at least 4 members (excludes halogenated alkanes) is 6. The molecule has 0 aromatic heterocycles. The number of ether oxygens (including phenoxy) is 1. The molecule has 0 radical (unpaired) electrons. The van der Waals surface area contributed by atoms with Crippen molar-refractivity contribution in [2.75, 3.05) is 0 Å². The van der Waals surface area contributed by atoms with Gasteiger partial charge in [0.25, 0.3) is 0 Å². The predicted molar refractivity (Wildman–Crippen MR) is 81.6 cm³/mol. The standard InChI is InChI=1S/C17H32O4.Na/c1-3-5-7-8-10-11-15(13-14-16(18)19)21-17(20)12-9-6-4-2;/h15H,3-14H2,1-2H3,(H,18,19);/q;+1/p-1. The first kappa shape index (κ1) is 24.2. The monoisotopic (exact) mass is 322 g/mol. The third kappa shape index (κ3) is 16.3. The molecule has 0 heterocycles. The van der Waals surface area contributed by atoms with E-state index in [4.69, 9.17) is 4.74 Å². The van der Waals surface area contributed by atoms with Gasteiger partial charge in [0.1, 0.15) is 6.10 Å². The number of rotatable bonds is 14. The molecule has 22 heavy (non-hydrogen) atoms. The summed E-state index contributed by atoms with van der Waals surface area (Å²) in [7, 11) is 0. The molecule has 4 nitrogen and oxygen atoms in total. The van der Waals surface area contributed by atoms with E-state index < -0.39 is 5.97 Å². The summed E-state index contributed by atoms with van der Waals surface area (Å²) < 4.78 is 5.42. The molecule has 0 rings (SSSR count). The van der Waals surface area contributed by atoms with Crippen molar-refractivity contribution in [1.82, 2.24) is 0 Å². The van der Waals surface area contributed by atoms with Crippen LogP contribution in [0.25, 0.3) is 0 Å². The van der Waals surface area contributed by atoms with Gasteiger partial charge >= 0.3 is 35.5 Å². The molecule has 1 unspecified atom stereocenters. The van der Waals surface area contributed by atoms with Gasteiger partial charge in [-0.1, -0.05) is 52.4 Å². The fourth-order valence-electron chi connectivity index (χ4n) is 2.28. The Morgan fingerprint density at radius 1 is 0.864 bits per heavy atom. The van der Waals surface area contributed by atoms with Gasteiger partial charge in [-0.2, -0.15) is 0 Å². The molecule has 0 amide bonds. The van der Waals surface area contributed by atoms with Crippen LogP contribution in [0.3, 0.4) is 0 Å². The van der Waals surface area contributed by atoms with Crippen LogP contribution in [-0.4, -0.2) is 18.0 Å². The maximum absolute atomic E-state index is 11.7. The average molecular weight is 322 g/mol. The first-order valence-electron chi connectivity index (χ1n) is 8.49. The molecular weight excluding hydrogens is 291 g/mol. The molecule has 0 aromatic carbocycles. The normalized spacial score (nSPS) is 11.5. The number of carboxylic acid groups (broad SMARTS) is 1. The Morgan fingerprint density at radius 2 is 1.45 bits per heavy atom. The molecule has 124 valence electrons. The van der Waals surface area contributed by atoms with Gasteiger partial charge in [-0.05, 0) is 32.1 Å². The molecular formula is C17H31NaO4. The van der Waals surface area contributed by atoms with Crippen LogP contribution in [0.5, 0.6) is 0 Å². The Balaban J connectivity index is 0. The van der Waals surface area contributed by atoms with Gasteiger partial charge in [-0.25, -0.2) is 0 Å². The van der Waals surface area contributed by atoms with Crippen LogP contribution in [0.4, 0.5) is 0 Å². The maximum Gasteiger partial charge on any atom is 1.00 e. The van der Waals surface area contributed by atoms with Gasteiger partial charge in [0.05, 0.1) is 0 Å². The number of carbonyl (C=O) groups excluding carboxylic acids is 2. The predicted octanol–water partition coefficient (Wildman–Crippen LogP) is 0.373. The second-order valence-electron chi connectivity index (χ2n) is 5.68. The first-order valence-corrected chi connectivity index (χ1v) is 8.49. The second-order valence-corrected chi connectivity index (χ2v) is 5.68. The van der Waals surface area contributed by atoms with E-state index in [0.717, 1.165) is 38.5 Å². The zero-order valence-electron chi connectivity index (χ0n) is 14.7. The second kappa shape index (κ2) is 17.3. The van der Waals surface area contributed by atoms with Crippen molar-refractivity contribution in [3.05, 3.63) is 0 Å². The summed E-state index contributed by atoms with van der Waals surface area (Å²) in [5, 5.41) is 10.6. The minimum absolute atomic E-state index is 0. The smallest absolute Gasteiger partial charge is 0.550 e. The van der Waals surface area contributed by atoms with Gasteiger partial charge in [-0.15, -0.1) is 0 Å². The van der Waals surface area contributed by atoms with E-state index in [-0.39, 0.29) is 48.1 Å². The van der Waals surface area contributed by atoms with Crippen molar-refractivity contribution in [2.45, 2.75) is 97.0 Å². The van der Waals surface area contributed by atoms with Crippen molar-refractivity contribution in [2.24, 2.45) is 0 Å². The van der Waals surface area contributed by atoms with E-state index in [0.29, 0.717) is 12.8 Å². The van der Waals surface area contributed by atoms with Crippen LogP contribution in [0.2, 0.25) is 0 Å². The number of carboxylic acids is 1. The molecule has 0 N–H and O–H groups in total.